The first-order valence-corrected chi connectivity index (χ1v) is 7.04. The van der Waals surface area contributed by atoms with Gasteiger partial charge in [0.15, 0.2) is 0 Å². The molecule has 0 aliphatic rings. The van der Waals surface area contributed by atoms with E-state index in [4.69, 9.17) is 5.11 Å². The van der Waals surface area contributed by atoms with E-state index in [2.05, 4.69) is 54.0 Å². The predicted octanol–water partition coefficient (Wildman–Crippen LogP) is 2.43. The molecule has 2 aromatic rings. The number of hydrogen-bond acceptors (Lipinski definition) is 2. The first kappa shape index (κ1) is 14.1. The van der Waals surface area contributed by atoms with E-state index in [1.807, 2.05) is 0 Å². The van der Waals surface area contributed by atoms with E-state index >= 15 is 0 Å². The highest BCUT2D eigenvalue weighted by atomic mass is 16.2. The fraction of sp³-hybridized carbons (Fsp3) is 0.500. The van der Waals surface area contributed by atoms with Crippen molar-refractivity contribution in [2.24, 2.45) is 7.05 Å². The monoisotopic (exact) mass is 260 g/mol. The number of benzene rings is 1. The van der Waals surface area contributed by atoms with Gasteiger partial charge in [0, 0.05) is 37.3 Å². The lowest BCUT2D eigenvalue weighted by atomic mass is 10.1. The van der Waals surface area contributed by atoms with Gasteiger partial charge in [-0.3, -0.25) is 0 Å². The molecule has 0 unspecified atom stereocenters. The highest BCUT2D eigenvalue weighted by molar-refractivity contribution is 5.83. The van der Waals surface area contributed by atoms with E-state index in [1.165, 1.54) is 16.5 Å². The second kappa shape index (κ2) is 6.73. The predicted molar refractivity (Wildman–Crippen MR) is 80.4 cm³/mol. The minimum atomic E-state index is 0.303. The zero-order valence-corrected chi connectivity index (χ0v) is 12.0. The lowest BCUT2D eigenvalue weighted by Crippen LogP contribution is -2.22. The number of aryl methyl sites for hydroxylation is 1. The Morgan fingerprint density at radius 3 is 2.74 bits per heavy atom. The first-order valence-electron chi connectivity index (χ1n) is 7.04. The number of unbranched alkanes of at least 4 members (excludes halogenated alkanes) is 1. The summed E-state index contributed by atoms with van der Waals surface area (Å²) in [5.74, 6) is 0. The molecule has 0 atom stereocenters. The summed E-state index contributed by atoms with van der Waals surface area (Å²) >= 11 is 0. The van der Waals surface area contributed by atoms with E-state index in [-0.39, 0.29) is 0 Å². The number of aliphatic hydroxyl groups is 1. The van der Waals surface area contributed by atoms with Gasteiger partial charge in [-0.2, -0.15) is 0 Å². The third kappa shape index (κ3) is 3.58. The molecule has 0 aliphatic carbocycles. The van der Waals surface area contributed by atoms with Crippen molar-refractivity contribution in [3.63, 3.8) is 0 Å². The van der Waals surface area contributed by atoms with E-state index in [9.17, 15) is 0 Å². The molecule has 3 nitrogen and oxygen atoms in total. The van der Waals surface area contributed by atoms with Crippen LogP contribution >= 0.6 is 0 Å². The molecule has 0 spiro atoms. The van der Waals surface area contributed by atoms with Gasteiger partial charge in [-0.05, 0) is 44.5 Å². The van der Waals surface area contributed by atoms with Crippen LogP contribution in [0.4, 0.5) is 0 Å². The quantitative estimate of drug-likeness (QED) is 0.775. The normalized spacial score (nSPS) is 11.6. The number of aliphatic hydroxyl groups excluding tert-OH is 1. The topological polar surface area (TPSA) is 28.4 Å². The smallest absolute Gasteiger partial charge is 0.0480 e. The van der Waals surface area contributed by atoms with Crippen LogP contribution < -0.4 is 0 Å². The third-order valence-corrected chi connectivity index (χ3v) is 3.69. The van der Waals surface area contributed by atoms with Gasteiger partial charge < -0.3 is 14.6 Å². The van der Waals surface area contributed by atoms with Crippen LogP contribution in [0.3, 0.4) is 0 Å². The van der Waals surface area contributed by atoms with E-state index in [1.54, 1.807) is 0 Å². The van der Waals surface area contributed by atoms with Crippen LogP contribution in [-0.4, -0.2) is 41.3 Å². The van der Waals surface area contributed by atoms with Crippen LogP contribution in [0, 0.1) is 0 Å². The maximum atomic E-state index is 8.79. The van der Waals surface area contributed by atoms with Crippen molar-refractivity contribution in [1.29, 1.82) is 0 Å². The van der Waals surface area contributed by atoms with Gasteiger partial charge in [-0.25, -0.2) is 0 Å². The molecule has 0 amide bonds. The van der Waals surface area contributed by atoms with Gasteiger partial charge in [0.25, 0.3) is 0 Å². The molecule has 104 valence electrons. The van der Waals surface area contributed by atoms with Crippen molar-refractivity contribution in [2.75, 3.05) is 26.7 Å². The fourth-order valence-electron chi connectivity index (χ4n) is 2.54. The van der Waals surface area contributed by atoms with Crippen molar-refractivity contribution in [2.45, 2.75) is 19.3 Å². The molecule has 3 heteroatoms. The molecule has 0 aliphatic heterocycles. The molecule has 1 aromatic heterocycles. The van der Waals surface area contributed by atoms with Crippen molar-refractivity contribution >= 4 is 10.9 Å². The van der Waals surface area contributed by atoms with Crippen LogP contribution in [0.25, 0.3) is 10.9 Å². The molecular weight excluding hydrogens is 236 g/mol. The zero-order valence-electron chi connectivity index (χ0n) is 12.0. The van der Waals surface area contributed by atoms with Crippen LogP contribution in [0.15, 0.2) is 30.5 Å². The van der Waals surface area contributed by atoms with Crippen molar-refractivity contribution < 1.29 is 5.11 Å². The molecule has 0 saturated carbocycles. The van der Waals surface area contributed by atoms with E-state index in [0.717, 1.165) is 32.4 Å². The van der Waals surface area contributed by atoms with Crippen molar-refractivity contribution in [3.05, 3.63) is 36.0 Å². The largest absolute Gasteiger partial charge is 0.396 e. The van der Waals surface area contributed by atoms with Gasteiger partial charge in [0.2, 0.25) is 0 Å². The minimum Gasteiger partial charge on any atom is -0.396 e. The average Bonchev–Trinajstić information content (AvgIpc) is 2.74. The number of fused-ring (bicyclic) bond motifs is 1. The maximum Gasteiger partial charge on any atom is 0.0480 e. The van der Waals surface area contributed by atoms with Crippen LogP contribution in [0.2, 0.25) is 0 Å². The Labute approximate surface area is 115 Å². The Bertz CT molecular complexity index is 518. The summed E-state index contributed by atoms with van der Waals surface area (Å²) in [4.78, 5) is 2.34. The van der Waals surface area contributed by atoms with Crippen LogP contribution in [-0.2, 0) is 13.5 Å². The summed E-state index contributed by atoms with van der Waals surface area (Å²) < 4.78 is 2.20. The van der Waals surface area contributed by atoms with Crippen LogP contribution in [0.1, 0.15) is 18.4 Å². The molecule has 19 heavy (non-hydrogen) atoms. The Kier molecular flexibility index (Phi) is 5.00. The molecule has 0 saturated heterocycles. The summed E-state index contributed by atoms with van der Waals surface area (Å²) in [6, 6.07) is 8.57. The van der Waals surface area contributed by atoms with Gasteiger partial charge in [0.1, 0.15) is 0 Å². The Hall–Kier alpha value is -1.32. The summed E-state index contributed by atoms with van der Waals surface area (Å²) in [6.45, 7) is 2.43. The molecule has 2 rings (SSSR count). The van der Waals surface area contributed by atoms with Crippen molar-refractivity contribution in [3.8, 4) is 0 Å². The summed E-state index contributed by atoms with van der Waals surface area (Å²) in [5, 5.41) is 10.2. The van der Waals surface area contributed by atoms with Gasteiger partial charge >= 0.3 is 0 Å². The third-order valence-electron chi connectivity index (χ3n) is 3.69. The van der Waals surface area contributed by atoms with E-state index in [0.29, 0.717) is 6.61 Å². The van der Waals surface area contributed by atoms with Crippen molar-refractivity contribution in [1.82, 2.24) is 9.47 Å². The number of para-hydroxylation sites is 1. The molecule has 1 N–H and O–H groups in total. The summed E-state index contributed by atoms with van der Waals surface area (Å²) in [6.07, 6.45) is 5.30. The second-order valence-corrected chi connectivity index (χ2v) is 5.27. The maximum absolute atomic E-state index is 8.79. The zero-order chi connectivity index (χ0) is 13.7. The summed E-state index contributed by atoms with van der Waals surface area (Å²) in [5.41, 5.74) is 2.73. The first-order chi connectivity index (χ1) is 9.22. The number of hydrogen-bond donors (Lipinski definition) is 1. The molecule has 0 bridgehead atoms. The number of rotatable bonds is 7. The molecule has 0 radical (unpaired) electrons. The number of aromatic nitrogens is 1. The minimum absolute atomic E-state index is 0.303. The SMILES string of the molecule is CN(CCCCO)CCc1cn(C)c2ccccc12. The Balaban J connectivity index is 1.94. The fourth-order valence-corrected chi connectivity index (χ4v) is 2.54. The summed E-state index contributed by atoms with van der Waals surface area (Å²) in [7, 11) is 4.26. The van der Waals surface area contributed by atoms with E-state index < -0.39 is 0 Å². The molecule has 0 fully saturated rings. The van der Waals surface area contributed by atoms with Gasteiger partial charge in [-0.1, -0.05) is 18.2 Å². The Morgan fingerprint density at radius 2 is 1.95 bits per heavy atom. The van der Waals surface area contributed by atoms with Gasteiger partial charge in [0.05, 0.1) is 0 Å². The second-order valence-electron chi connectivity index (χ2n) is 5.27. The highest BCUT2D eigenvalue weighted by Crippen LogP contribution is 2.20. The average molecular weight is 260 g/mol. The molecule has 1 heterocycles. The highest BCUT2D eigenvalue weighted by Gasteiger charge is 2.06. The van der Waals surface area contributed by atoms with Crippen LogP contribution in [0.5, 0.6) is 0 Å². The number of likely N-dealkylation sites (N-methyl/N-ethyl adjacent to an activating group) is 1. The lowest BCUT2D eigenvalue weighted by molar-refractivity contribution is 0.264. The molecule has 1 aromatic carbocycles. The standard InChI is InChI=1S/C16H24N2O/c1-17(10-5-6-12-19)11-9-14-13-18(2)16-8-4-3-7-15(14)16/h3-4,7-8,13,19H,5-6,9-12H2,1-2H3. The molecular formula is C16H24N2O. The number of nitrogens with zero attached hydrogens (tertiary/aromatic N) is 2. The Morgan fingerprint density at radius 1 is 1.16 bits per heavy atom. The van der Waals surface area contributed by atoms with Gasteiger partial charge in [-0.15, -0.1) is 0 Å². The lowest BCUT2D eigenvalue weighted by Gasteiger charge is -2.15.